The summed E-state index contributed by atoms with van der Waals surface area (Å²) in [5, 5.41) is 0. The van der Waals surface area contributed by atoms with Gasteiger partial charge in [-0.2, -0.15) is 0 Å². The fourth-order valence-electron chi connectivity index (χ4n) is 1.12. The Morgan fingerprint density at radius 1 is 1.55 bits per heavy atom. The molecule has 1 heterocycles. The molecule has 0 aliphatic carbocycles. The van der Waals surface area contributed by atoms with Gasteiger partial charge in [-0.1, -0.05) is 12.7 Å². The van der Waals surface area contributed by atoms with E-state index in [9.17, 15) is 4.79 Å². The summed E-state index contributed by atoms with van der Waals surface area (Å²) in [4.78, 5) is 12.8. The number of nitrogens with zero attached hydrogens (tertiary/aromatic N) is 1. The molecule has 0 aromatic carbocycles. The van der Waals surface area contributed by atoms with Crippen LogP contribution < -0.4 is 0 Å². The number of hydrogen-bond donors (Lipinski definition) is 0. The smallest absolute Gasteiger partial charge is 0.410 e. The van der Waals surface area contributed by atoms with Crippen LogP contribution >= 0.6 is 0 Å². The van der Waals surface area contributed by atoms with E-state index in [0.717, 1.165) is 25.9 Å². The van der Waals surface area contributed by atoms with Crippen LogP contribution in [0.25, 0.3) is 0 Å². The number of ether oxygens (including phenoxy) is 1. The number of likely N-dealkylation sites (tertiary alicyclic amines) is 1. The minimum absolute atomic E-state index is 0.206. The molecule has 11 heavy (non-hydrogen) atoms. The monoisotopic (exact) mass is 155 g/mol. The third-order valence-electron chi connectivity index (χ3n) is 1.69. The van der Waals surface area contributed by atoms with Crippen molar-refractivity contribution < 1.29 is 9.53 Å². The first-order valence-electron chi connectivity index (χ1n) is 3.87. The zero-order chi connectivity index (χ0) is 8.10. The molecule has 0 aromatic rings. The van der Waals surface area contributed by atoms with Gasteiger partial charge in [0.05, 0.1) is 0 Å². The predicted octanol–water partition coefficient (Wildman–Crippen LogP) is 1.40. The molecule has 3 heteroatoms. The largest absolute Gasteiger partial charge is 0.445 e. The molecule has 0 bridgehead atoms. The molecule has 0 N–H and O–H groups in total. The van der Waals surface area contributed by atoms with Crippen LogP contribution in [0.1, 0.15) is 12.8 Å². The van der Waals surface area contributed by atoms with Crippen LogP contribution in [-0.4, -0.2) is 30.7 Å². The van der Waals surface area contributed by atoms with Crippen molar-refractivity contribution in [2.45, 2.75) is 12.8 Å². The van der Waals surface area contributed by atoms with E-state index in [-0.39, 0.29) is 6.09 Å². The summed E-state index contributed by atoms with van der Waals surface area (Å²) < 4.78 is 4.84. The molecule has 62 valence electrons. The lowest BCUT2D eigenvalue weighted by Crippen LogP contribution is -2.28. The van der Waals surface area contributed by atoms with Crippen LogP contribution in [0, 0.1) is 0 Å². The molecule has 0 radical (unpaired) electrons. The van der Waals surface area contributed by atoms with Crippen LogP contribution in [0.2, 0.25) is 0 Å². The van der Waals surface area contributed by atoms with Crippen LogP contribution in [0.4, 0.5) is 4.79 Å². The quantitative estimate of drug-likeness (QED) is 0.564. The SMILES string of the molecule is C=CCOC(=O)N1CCCC1. The Balaban J connectivity index is 2.22. The molecular weight excluding hydrogens is 142 g/mol. The fraction of sp³-hybridized carbons (Fsp3) is 0.625. The van der Waals surface area contributed by atoms with Gasteiger partial charge in [-0.25, -0.2) is 4.79 Å². The van der Waals surface area contributed by atoms with Crippen molar-refractivity contribution in [2.75, 3.05) is 19.7 Å². The number of rotatable bonds is 2. The predicted molar refractivity (Wildman–Crippen MR) is 42.4 cm³/mol. The van der Waals surface area contributed by atoms with Crippen molar-refractivity contribution in [3.8, 4) is 0 Å². The second kappa shape index (κ2) is 4.01. The van der Waals surface area contributed by atoms with Crippen molar-refractivity contribution in [1.82, 2.24) is 4.90 Å². The lowest BCUT2D eigenvalue weighted by Gasteiger charge is -2.13. The molecule has 1 aliphatic heterocycles. The van der Waals surface area contributed by atoms with Crippen molar-refractivity contribution in [3.05, 3.63) is 12.7 Å². The van der Waals surface area contributed by atoms with Crippen LogP contribution in [0.5, 0.6) is 0 Å². The van der Waals surface area contributed by atoms with Crippen LogP contribution in [0.15, 0.2) is 12.7 Å². The molecule has 0 unspecified atom stereocenters. The van der Waals surface area contributed by atoms with Crippen molar-refractivity contribution >= 4 is 6.09 Å². The Labute approximate surface area is 66.6 Å². The Kier molecular flexibility index (Phi) is 2.95. The average Bonchev–Trinajstić information content (AvgIpc) is 2.52. The van der Waals surface area contributed by atoms with E-state index >= 15 is 0 Å². The summed E-state index contributed by atoms with van der Waals surface area (Å²) in [6, 6.07) is 0. The molecule has 1 amide bonds. The summed E-state index contributed by atoms with van der Waals surface area (Å²) >= 11 is 0. The highest BCUT2D eigenvalue weighted by Crippen LogP contribution is 2.08. The summed E-state index contributed by atoms with van der Waals surface area (Å²) in [7, 11) is 0. The van der Waals surface area contributed by atoms with E-state index in [1.807, 2.05) is 0 Å². The second-order valence-electron chi connectivity index (χ2n) is 2.56. The molecular formula is C8H13NO2. The Bertz CT molecular complexity index is 150. The second-order valence-corrected chi connectivity index (χ2v) is 2.56. The van der Waals surface area contributed by atoms with Gasteiger partial charge >= 0.3 is 6.09 Å². The molecule has 0 atom stereocenters. The van der Waals surface area contributed by atoms with Gasteiger partial charge in [0, 0.05) is 13.1 Å². The third-order valence-corrected chi connectivity index (χ3v) is 1.69. The molecule has 1 saturated heterocycles. The maximum Gasteiger partial charge on any atom is 0.410 e. The Hall–Kier alpha value is -0.990. The number of carbonyl (C=O) groups excluding carboxylic acids is 1. The van der Waals surface area contributed by atoms with Crippen LogP contribution in [-0.2, 0) is 4.74 Å². The first kappa shape index (κ1) is 8.11. The highest BCUT2D eigenvalue weighted by molar-refractivity contribution is 5.67. The number of amides is 1. The Morgan fingerprint density at radius 2 is 2.18 bits per heavy atom. The molecule has 1 fully saturated rings. The molecule has 0 aromatic heterocycles. The first-order valence-corrected chi connectivity index (χ1v) is 3.87. The topological polar surface area (TPSA) is 29.5 Å². The van der Waals surface area contributed by atoms with E-state index in [1.54, 1.807) is 11.0 Å². The van der Waals surface area contributed by atoms with Gasteiger partial charge in [0.1, 0.15) is 6.61 Å². The van der Waals surface area contributed by atoms with Gasteiger partial charge in [0.2, 0.25) is 0 Å². The third kappa shape index (κ3) is 2.26. The van der Waals surface area contributed by atoms with Gasteiger partial charge in [0.25, 0.3) is 0 Å². The molecule has 0 spiro atoms. The summed E-state index contributed by atoms with van der Waals surface area (Å²) in [5.41, 5.74) is 0. The maximum atomic E-state index is 11.1. The van der Waals surface area contributed by atoms with Gasteiger partial charge in [0.15, 0.2) is 0 Å². The number of hydrogen-bond acceptors (Lipinski definition) is 2. The lowest BCUT2D eigenvalue weighted by atomic mass is 10.4. The van der Waals surface area contributed by atoms with Gasteiger partial charge in [-0.05, 0) is 12.8 Å². The zero-order valence-electron chi connectivity index (χ0n) is 6.58. The van der Waals surface area contributed by atoms with E-state index in [0.29, 0.717) is 6.61 Å². The Morgan fingerprint density at radius 3 is 2.73 bits per heavy atom. The summed E-state index contributed by atoms with van der Waals surface area (Å²) in [6.45, 7) is 5.46. The fourth-order valence-corrected chi connectivity index (χ4v) is 1.12. The lowest BCUT2D eigenvalue weighted by molar-refractivity contribution is 0.121. The summed E-state index contributed by atoms with van der Waals surface area (Å²) in [5.74, 6) is 0. The van der Waals surface area contributed by atoms with Crippen molar-refractivity contribution in [3.63, 3.8) is 0 Å². The standard InChI is InChI=1S/C8H13NO2/c1-2-7-11-8(10)9-5-3-4-6-9/h2H,1,3-7H2. The van der Waals surface area contributed by atoms with Crippen molar-refractivity contribution in [1.29, 1.82) is 0 Å². The minimum Gasteiger partial charge on any atom is -0.445 e. The summed E-state index contributed by atoms with van der Waals surface area (Å²) in [6.07, 6.45) is 3.57. The molecule has 1 rings (SSSR count). The van der Waals surface area contributed by atoms with Crippen molar-refractivity contribution in [2.24, 2.45) is 0 Å². The number of carbonyl (C=O) groups is 1. The van der Waals surface area contributed by atoms with Gasteiger partial charge < -0.3 is 9.64 Å². The first-order chi connectivity index (χ1) is 5.34. The van der Waals surface area contributed by atoms with E-state index < -0.39 is 0 Å². The van der Waals surface area contributed by atoms with Gasteiger partial charge in [-0.15, -0.1) is 0 Å². The molecule has 3 nitrogen and oxygen atoms in total. The van der Waals surface area contributed by atoms with Gasteiger partial charge in [-0.3, -0.25) is 0 Å². The molecule has 1 aliphatic rings. The average molecular weight is 155 g/mol. The highest BCUT2D eigenvalue weighted by atomic mass is 16.6. The van der Waals surface area contributed by atoms with Crippen LogP contribution in [0.3, 0.4) is 0 Å². The maximum absolute atomic E-state index is 11.1. The van der Waals surface area contributed by atoms with E-state index in [1.165, 1.54) is 0 Å². The van der Waals surface area contributed by atoms with E-state index in [2.05, 4.69) is 6.58 Å². The van der Waals surface area contributed by atoms with E-state index in [4.69, 9.17) is 4.74 Å². The minimum atomic E-state index is -0.206. The zero-order valence-corrected chi connectivity index (χ0v) is 6.58. The molecule has 0 saturated carbocycles. The normalized spacial score (nSPS) is 16.5. The highest BCUT2D eigenvalue weighted by Gasteiger charge is 2.18.